The number of aldehydes is 1. The van der Waals surface area contributed by atoms with Crippen LogP contribution in [0, 0.1) is 0 Å². The Morgan fingerprint density at radius 2 is 1.25 bits per heavy atom. The van der Waals surface area contributed by atoms with E-state index in [1.165, 1.54) is 6.92 Å². The van der Waals surface area contributed by atoms with Crippen molar-refractivity contribution in [1.29, 1.82) is 0 Å². The van der Waals surface area contributed by atoms with Crippen molar-refractivity contribution in [1.82, 2.24) is 0 Å². The highest BCUT2D eigenvalue weighted by molar-refractivity contribution is 6.46. The maximum atomic E-state index is 8.81. The molecular formula is C2H8O5Si. The summed E-state index contributed by atoms with van der Waals surface area (Å²) in [5, 5.41) is 0. The Morgan fingerprint density at radius 1 is 1.25 bits per heavy atom. The van der Waals surface area contributed by atoms with Crippen LogP contribution in [0.15, 0.2) is 0 Å². The van der Waals surface area contributed by atoms with Crippen molar-refractivity contribution in [3.05, 3.63) is 0 Å². The Labute approximate surface area is 47.3 Å². The summed E-state index contributed by atoms with van der Waals surface area (Å²) >= 11 is 0. The molecule has 0 spiro atoms. The smallest absolute Gasteiger partial charge is 0.368 e. The van der Waals surface area contributed by atoms with Crippen LogP contribution < -0.4 is 0 Å². The first-order valence-corrected chi connectivity index (χ1v) is 3.50. The van der Waals surface area contributed by atoms with Crippen molar-refractivity contribution >= 4 is 15.3 Å². The molecular weight excluding hydrogens is 132 g/mol. The summed E-state index contributed by atoms with van der Waals surface area (Å²) in [5.41, 5.74) is 0. The Kier molecular flexibility index (Phi) is 6.50. The van der Waals surface area contributed by atoms with E-state index in [0.717, 1.165) is 6.29 Å². The topological polar surface area (TPSA) is 98.0 Å². The molecule has 4 N–H and O–H groups in total. The molecule has 0 aromatic carbocycles. The van der Waals surface area contributed by atoms with Gasteiger partial charge in [-0.15, -0.1) is 0 Å². The SMILES string of the molecule is CC=O.O[Si](O)(O)O. The third-order valence-electron chi connectivity index (χ3n) is 0. The lowest BCUT2D eigenvalue weighted by molar-refractivity contribution is -0.106. The molecule has 8 heavy (non-hydrogen) atoms. The average molecular weight is 140 g/mol. The lowest BCUT2D eigenvalue weighted by Gasteiger charge is -1.91. The molecule has 0 amide bonds. The Hall–Kier alpha value is -0.273. The van der Waals surface area contributed by atoms with Gasteiger partial charge in [-0.3, -0.25) is 0 Å². The molecule has 0 fully saturated rings. The van der Waals surface area contributed by atoms with Gasteiger partial charge in [-0.25, -0.2) is 0 Å². The summed E-state index contributed by atoms with van der Waals surface area (Å²) in [6.45, 7) is 1.44. The van der Waals surface area contributed by atoms with Crippen LogP contribution in [0.1, 0.15) is 6.92 Å². The summed E-state index contributed by atoms with van der Waals surface area (Å²) in [5.74, 6) is 0. The first kappa shape index (κ1) is 10.7. The molecule has 5 nitrogen and oxygen atoms in total. The predicted molar refractivity (Wildman–Crippen MR) is 26.4 cm³/mol. The predicted octanol–water partition coefficient (Wildman–Crippen LogP) is -2.40. The van der Waals surface area contributed by atoms with Crippen LogP contribution in [0.5, 0.6) is 0 Å². The van der Waals surface area contributed by atoms with Gasteiger partial charge in [-0.2, -0.15) is 0 Å². The van der Waals surface area contributed by atoms with E-state index in [4.69, 9.17) is 24.0 Å². The summed E-state index contributed by atoms with van der Waals surface area (Å²) < 4.78 is 0. The Balaban J connectivity index is 0. The van der Waals surface area contributed by atoms with Gasteiger partial charge in [-0.1, -0.05) is 0 Å². The third-order valence-corrected chi connectivity index (χ3v) is 0. The molecule has 0 radical (unpaired) electrons. The molecule has 0 aliphatic heterocycles. The lowest BCUT2D eigenvalue weighted by atomic mass is 11.0. The minimum atomic E-state index is -4.61. The summed E-state index contributed by atoms with van der Waals surface area (Å²) in [4.78, 5) is 38.1. The van der Waals surface area contributed by atoms with Crippen molar-refractivity contribution in [2.75, 3.05) is 0 Å². The van der Waals surface area contributed by atoms with Gasteiger partial charge in [0.2, 0.25) is 0 Å². The lowest BCUT2D eigenvalue weighted by Crippen LogP contribution is -2.33. The fourth-order valence-corrected chi connectivity index (χ4v) is 0. The van der Waals surface area contributed by atoms with Crippen molar-refractivity contribution in [3.63, 3.8) is 0 Å². The minimum absolute atomic E-state index is 0.750. The standard InChI is InChI=1S/C2H4O.H4O4Si/c1-2-3;1-5(2,3)4/h2H,1H3;1-4H. The molecule has 0 aromatic heterocycles. The van der Waals surface area contributed by atoms with E-state index in [0.29, 0.717) is 0 Å². The minimum Gasteiger partial charge on any atom is -0.368 e. The fraction of sp³-hybridized carbons (Fsp3) is 0.500. The van der Waals surface area contributed by atoms with Crippen molar-refractivity contribution in [2.45, 2.75) is 6.92 Å². The quantitative estimate of drug-likeness (QED) is 0.222. The number of carbonyl (C=O) groups is 1. The zero-order valence-corrected chi connectivity index (χ0v) is 5.27. The molecule has 0 rings (SSSR count). The first-order valence-electron chi connectivity index (χ1n) is 1.71. The highest BCUT2D eigenvalue weighted by Crippen LogP contribution is 1.67. The zero-order valence-electron chi connectivity index (χ0n) is 4.27. The number of carbonyl (C=O) groups excluding carboxylic acids is 1. The van der Waals surface area contributed by atoms with Gasteiger partial charge < -0.3 is 24.0 Å². The van der Waals surface area contributed by atoms with E-state index in [1.807, 2.05) is 0 Å². The second-order valence-electron chi connectivity index (χ2n) is 0.836. The largest absolute Gasteiger partial charge is 0.668 e. The summed E-state index contributed by atoms with van der Waals surface area (Å²) in [7, 11) is -4.61. The van der Waals surface area contributed by atoms with Gasteiger partial charge in [0, 0.05) is 0 Å². The molecule has 0 unspecified atom stereocenters. The van der Waals surface area contributed by atoms with E-state index in [1.54, 1.807) is 0 Å². The van der Waals surface area contributed by atoms with Crippen molar-refractivity contribution < 1.29 is 24.0 Å². The monoisotopic (exact) mass is 140 g/mol. The van der Waals surface area contributed by atoms with E-state index in [-0.39, 0.29) is 0 Å². The zero-order chi connectivity index (χ0) is 7.21. The van der Waals surface area contributed by atoms with Crippen LogP contribution >= 0.6 is 0 Å². The summed E-state index contributed by atoms with van der Waals surface area (Å²) in [6.07, 6.45) is 0.750. The van der Waals surface area contributed by atoms with E-state index < -0.39 is 9.05 Å². The van der Waals surface area contributed by atoms with Crippen LogP contribution in [-0.4, -0.2) is 34.5 Å². The highest BCUT2D eigenvalue weighted by atomic mass is 28.4. The average Bonchev–Trinajstić information content (AvgIpc) is 1.27. The Bertz CT molecular complexity index is 49.9. The van der Waals surface area contributed by atoms with Gasteiger partial charge in [0.15, 0.2) is 0 Å². The van der Waals surface area contributed by atoms with Crippen LogP contribution in [0.4, 0.5) is 0 Å². The number of rotatable bonds is 0. The van der Waals surface area contributed by atoms with Crippen LogP contribution in [-0.2, 0) is 4.79 Å². The molecule has 0 aliphatic rings. The van der Waals surface area contributed by atoms with Crippen molar-refractivity contribution in [3.8, 4) is 0 Å². The molecule has 6 heteroatoms. The molecule has 0 aliphatic carbocycles. The van der Waals surface area contributed by atoms with Gasteiger partial charge in [0.25, 0.3) is 0 Å². The molecule has 0 aromatic rings. The molecule has 0 saturated heterocycles. The normalized spacial score (nSPS) is 9.12. The number of hydrogen-bond acceptors (Lipinski definition) is 5. The second-order valence-corrected chi connectivity index (χ2v) is 2.04. The number of hydrogen-bond donors (Lipinski definition) is 4. The Morgan fingerprint density at radius 3 is 1.25 bits per heavy atom. The molecule has 0 saturated carbocycles. The molecule has 50 valence electrons. The maximum Gasteiger partial charge on any atom is 0.668 e. The molecule has 0 heterocycles. The van der Waals surface area contributed by atoms with Gasteiger partial charge in [-0.05, 0) is 6.92 Å². The maximum absolute atomic E-state index is 8.81. The third kappa shape index (κ3) is 1720. The van der Waals surface area contributed by atoms with Crippen LogP contribution in [0.25, 0.3) is 0 Å². The first-order chi connectivity index (χ1) is 3.41. The van der Waals surface area contributed by atoms with Gasteiger partial charge >= 0.3 is 9.05 Å². The van der Waals surface area contributed by atoms with E-state index in [2.05, 4.69) is 0 Å². The summed E-state index contributed by atoms with van der Waals surface area (Å²) in [6, 6.07) is 0. The molecule has 0 bridgehead atoms. The van der Waals surface area contributed by atoms with E-state index >= 15 is 0 Å². The van der Waals surface area contributed by atoms with Gasteiger partial charge in [0.1, 0.15) is 6.29 Å². The fourth-order valence-electron chi connectivity index (χ4n) is 0. The van der Waals surface area contributed by atoms with E-state index in [9.17, 15) is 0 Å². The molecule has 0 atom stereocenters. The van der Waals surface area contributed by atoms with Gasteiger partial charge in [0.05, 0.1) is 0 Å². The van der Waals surface area contributed by atoms with Crippen LogP contribution in [0.2, 0.25) is 0 Å². The van der Waals surface area contributed by atoms with Crippen LogP contribution in [0.3, 0.4) is 0 Å². The van der Waals surface area contributed by atoms with Crippen molar-refractivity contribution in [2.24, 2.45) is 0 Å². The highest BCUT2D eigenvalue weighted by Gasteiger charge is 2.22. The second kappa shape index (κ2) is 4.88.